The SMILES string of the molecule is ClC1c2ccccc2C2C(Cl)c3ccccc3C12. The highest BCUT2D eigenvalue weighted by atomic mass is 35.5. The van der Waals surface area contributed by atoms with Crippen molar-refractivity contribution >= 4 is 23.2 Å². The van der Waals surface area contributed by atoms with Crippen molar-refractivity contribution in [3.8, 4) is 0 Å². The number of hydrogen-bond donors (Lipinski definition) is 0. The zero-order valence-electron chi connectivity index (χ0n) is 9.68. The third-order valence-corrected chi connectivity index (χ3v) is 5.34. The monoisotopic (exact) mass is 274 g/mol. The molecule has 0 heterocycles. The van der Waals surface area contributed by atoms with Gasteiger partial charge in [0.15, 0.2) is 0 Å². The molecule has 4 rings (SSSR count). The summed E-state index contributed by atoms with van der Waals surface area (Å²) in [5, 5.41) is 0.104. The summed E-state index contributed by atoms with van der Waals surface area (Å²) in [4.78, 5) is 0. The van der Waals surface area contributed by atoms with Crippen LogP contribution in [0.1, 0.15) is 44.8 Å². The van der Waals surface area contributed by atoms with Crippen molar-refractivity contribution in [1.82, 2.24) is 0 Å². The highest BCUT2D eigenvalue weighted by Gasteiger charge is 2.49. The second-order valence-corrected chi connectivity index (χ2v) is 6.05. The molecule has 0 fully saturated rings. The number of alkyl halides is 2. The molecule has 2 heteroatoms. The summed E-state index contributed by atoms with van der Waals surface area (Å²) in [5.74, 6) is 0.672. The molecule has 0 aliphatic heterocycles. The Hall–Kier alpha value is -0.980. The van der Waals surface area contributed by atoms with E-state index >= 15 is 0 Å². The summed E-state index contributed by atoms with van der Waals surface area (Å²) in [7, 11) is 0. The van der Waals surface area contributed by atoms with Gasteiger partial charge in [-0.15, -0.1) is 23.2 Å². The maximum atomic E-state index is 6.68. The van der Waals surface area contributed by atoms with Gasteiger partial charge in [-0.05, 0) is 22.3 Å². The second kappa shape index (κ2) is 3.76. The van der Waals surface area contributed by atoms with Crippen LogP contribution in [0.5, 0.6) is 0 Å². The number of halogens is 2. The van der Waals surface area contributed by atoms with Crippen LogP contribution in [0.25, 0.3) is 0 Å². The van der Waals surface area contributed by atoms with Gasteiger partial charge >= 0.3 is 0 Å². The molecule has 0 spiro atoms. The Kier molecular flexibility index (Phi) is 2.27. The molecular formula is C16H12Cl2. The van der Waals surface area contributed by atoms with Gasteiger partial charge in [-0.1, -0.05) is 48.5 Å². The summed E-state index contributed by atoms with van der Waals surface area (Å²) < 4.78 is 0. The predicted molar refractivity (Wildman–Crippen MR) is 75.6 cm³/mol. The number of benzene rings is 2. The van der Waals surface area contributed by atoms with E-state index < -0.39 is 0 Å². The Balaban J connectivity index is 1.95. The minimum Gasteiger partial charge on any atom is -0.117 e. The van der Waals surface area contributed by atoms with E-state index in [1.165, 1.54) is 22.3 Å². The van der Waals surface area contributed by atoms with Crippen LogP contribution in [0.15, 0.2) is 48.5 Å². The molecular weight excluding hydrogens is 263 g/mol. The standard InChI is InChI=1S/C16H12Cl2/c17-15-11-7-3-1-5-9(11)13-14(15)10-6-2-4-8-12(10)16(13)18/h1-8,13-16H. The zero-order valence-corrected chi connectivity index (χ0v) is 11.2. The average molecular weight is 275 g/mol. The molecule has 2 aromatic rings. The number of rotatable bonds is 0. The first-order chi connectivity index (χ1) is 8.79. The predicted octanol–water partition coefficient (Wildman–Crippen LogP) is 5.14. The Morgan fingerprint density at radius 3 is 1.28 bits per heavy atom. The van der Waals surface area contributed by atoms with Crippen LogP contribution in [0.4, 0.5) is 0 Å². The molecule has 0 amide bonds. The first-order valence-corrected chi connectivity index (χ1v) is 7.12. The fourth-order valence-electron chi connectivity index (χ4n) is 3.58. The van der Waals surface area contributed by atoms with E-state index in [9.17, 15) is 0 Å². The smallest absolute Gasteiger partial charge is 0.0663 e. The lowest BCUT2D eigenvalue weighted by molar-refractivity contribution is 0.609. The summed E-state index contributed by atoms with van der Waals surface area (Å²) in [6, 6.07) is 16.9. The van der Waals surface area contributed by atoms with Crippen LogP contribution in [-0.4, -0.2) is 0 Å². The van der Waals surface area contributed by atoms with E-state index in [0.717, 1.165) is 0 Å². The number of hydrogen-bond acceptors (Lipinski definition) is 0. The van der Waals surface area contributed by atoms with Gasteiger partial charge in [0.1, 0.15) is 0 Å². The minimum absolute atomic E-state index is 0.0519. The molecule has 4 unspecified atom stereocenters. The van der Waals surface area contributed by atoms with Gasteiger partial charge < -0.3 is 0 Å². The van der Waals surface area contributed by atoms with Gasteiger partial charge in [-0.2, -0.15) is 0 Å². The van der Waals surface area contributed by atoms with Crippen molar-refractivity contribution in [2.24, 2.45) is 0 Å². The largest absolute Gasteiger partial charge is 0.117 e. The molecule has 2 aliphatic rings. The molecule has 2 aromatic carbocycles. The molecule has 18 heavy (non-hydrogen) atoms. The van der Waals surface area contributed by atoms with E-state index in [-0.39, 0.29) is 10.8 Å². The topological polar surface area (TPSA) is 0 Å². The molecule has 0 radical (unpaired) electrons. The van der Waals surface area contributed by atoms with Crippen molar-refractivity contribution in [1.29, 1.82) is 0 Å². The highest BCUT2D eigenvalue weighted by Crippen LogP contribution is 2.64. The van der Waals surface area contributed by atoms with Gasteiger partial charge in [-0.3, -0.25) is 0 Å². The van der Waals surface area contributed by atoms with Crippen LogP contribution in [0.3, 0.4) is 0 Å². The maximum absolute atomic E-state index is 6.68. The number of fused-ring (bicyclic) bond motifs is 5. The van der Waals surface area contributed by atoms with E-state index in [2.05, 4.69) is 48.5 Å². The lowest BCUT2D eigenvalue weighted by atomic mass is 9.93. The summed E-state index contributed by atoms with van der Waals surface area (Å²) >= 11 is 13.4. The molecule has 4 atom stereocenters. The van der Waals surface area contributed by atoms with Crippen LogP contribution >= 0.6 is 23.2 Å². The van der Waals surface area contributed by atoms with Crippen molar-refractivity contribution in [2.75, 3.05) is 0 Å². The average Bonchev–Trinajstić information content (AvgIpc) is 2.87. The maximum Gasteiger partial charge on any atom is 0.0663 e. The summed E-state index contributed by atoms with van der Waals surface area (Å²) in [5.41, 5.74) is 5.18. The Labute approximate surface area is 117 Å². The molecule has 0 saturated carbocycles. The van der Waals surface area contributed by atoms with E-state index in [1.54, 1.807) is 0 Å². The third-order valence-electron chi connectivity index (χ3n) is 4.32. The lowest BCUT2D eigenvalue weighted by Gasteiger charge is -2.15. The summed E-state index contributed by atoms with van der Waals surface area (Å²) in [6.45, 7) is 0. The molecule has 0 nitrogen and oxygen atoms in total. The van der Waals surface area contributed by atoms with E-state index in [4.69, 9.17) is 23.2 Å². The highest BCUT2D eigenvalue weighted by molar-refractivity contribution is 6.24. The third kappa shape index (κ3) is 1.23. The van der Waals surface area contributed by atoms with Gasteiger partial charge in [0.2, 0.25) is 0 Å². The molecule has 0 bridgehead atoms. The molecule has 2 aliphatic carbocycles. The summed E-state index contributed by atoms with van der Waals surface area (Å²) in [6.07, 6.45) is 0. The Bertz CT molecular complexity index is 564. The van der Waals surface area contributed by atoms with Crippen LogP contribution in [-0.2, 0) is 0 Å². The van der Waals surface area contributed by atoms with Gasteiger partial charge in [-0.25, -0.2) is 0 Å². The van der Waals surface area contributed by atoms with Crippen LogP contribution in [0, 0.1) is 0 Å². The quantitative estimate of drug-likeness (QED) is 0.584. The molecule has 0 aromatic heterocycles. The van der Waals surface area contributed by atoms with Crippen molar-refractivity contribution in [3.05, 3.63) is 70.8 Å². The van der Waals surface area contributed by atoms with E-state index in [1.807, 2.05) is 0 Å². The molecule has 0 saturated heterocycles. The Morgan fingerprint density at radius 1 is 0.556 bits per heavy atom. The van der Waals surface area contributed by atoms with Crippen molar-refractivity contribution < 1.29 is 0 Å². The fraction of sp³-hybridized carbons (Fsp3) is 0.250. The fourth-order valence-corrected chi connectivity index (χ4v) is 4.57. The Morgan fingerprint density at radius 2 is 0.889 bits per heavy atom. The first-order valence-electron chi connectivity index (χ1n) is 6.25. The lowest BCUT2D eigenvalue weighted by Crippen LogP contribution is -2.02. The second-order valence-electron chi connectivity index (χ2n) is 5.11. The minimum atomic E-state index is 0.0519. The molecule has 90 valence electrons. The molecule has 0 N–H and O–H groups in total. The first kappa shape index (κ1) is 10.9. The van der Waals surface area contributed by atoms with Gasteiger partial charge in [0.25, 0.3) is 0 Å². The van der Waals surface area contributed by atoms with Crippen molar-refractivity contribution in [3.63, 3.8) is 0 Å². The van der Waals surface area contributed by atoms with Crippen molar-refractivity contribution in [2.45, 2.75) is 22.6 Å². The van der Waals surface area contributed by atoms with Gasteiger partial charge in [0, 0.05) is 11.8 Å². The van der Waals surface area contributed by atoms with Crippen LogP contribution in [0.2, 0.25) is 0 Å². The zero-order chi connectivity index (χ0) is 12.3. The van der Waals surface area contributed by atoms with Crippen LogP contribution < -0.4 is 0 Å². The normalized spacial score (nSPS) is 31.9. The van der Waals surface area contributed by atoms with Gasteiger partial charge in [0.05, 0.1) is 10.8 Å². The van der Waals surface area contributed by atoms with E-state index in [0.29, 0.717) is 11.8 Å².